The van der Waals surface area contributed by atoms with E-state index in [0.29, 0.717) is 5.82 Å². The summed E-state index contributed by atoms with van der Waals surface area (Å²) in [7, 11) is 0. The molecule has 1 amide bonds. The van der Waals surface area contributed by atoms with Gasteiger partial charge in [0.1, 0.15) is 5.82 Å². The average molecular weight is 213 g/mol. The molecule has 0 unspecified atom stereocenters. The van der Waals surface area contributed by atoms with Crippen LogP contribution in [0.15, 0.2) is 48.8 Å². The highest BCUT2D eigenvalue weighted by atomic mass is 16.1. The van der Waals surface area contributed by atoms with Crippen LogP contribution in [0.1, 0.15) is 5.82 Å². The third kappa shape index (κ3) is 2.88. The summed E-state index contributed by atoms with van der Waals surface area (Å²) >= 11 is 0. The lowest BCUT2D eigenvalue weighted by atomic mass is 10.3. The number of carbonyl (C=O) groups is 1. The smallest absolute Gasteiger partial charge is 0.232 e. The first-order valence-corrected chi connectivity index (χ1v) is 4.95. The van der Waals surface area contributed by atoms with Crippen LogP contribution in [0, 0.1) is 0 Å². The Morgan fingerprint density at radius 3 is 2.44 bits per heavy atom. The maximum atomic E-state index is 11.6. The molecule has 0 radical (unpaired) electrons. The van der Waals surface area contributed by atoms with E-state index in [1.54, 1.807) is 18.5 Å². The largest absolute Gasteiger partial charge is 0.326 e. The molecule has 0 spiro atoms. The molecule has 1 aromatic carbocycles. The maximum absolute atomic E-state index is 11.6. The van der Waals surface area contributed by atoms with E-state index in [2.05, 4.69) is 15.3 Å². The summed E-state index contributed by atoms with van der Waals surface area (Å²) < 4.78 is 0. The average Bonchev–Trinajstić information content (AvgIpc) is 2.31. The quantitative estimate of drug-likeness (QED) is 0.843. The monoisotopic (exact) mass is 213 g/mol. The summed E-state index contributed by atoms with van der Waals surface area (Å²) in [5.74, 6) is 0.410. The van der Waals surface area contributed by atoms with E-state index < -0.39 is 0 Å². The van der Waals surface area contributed by atoms with Crippen molar-refractivity contribution in [3.05, 3.63) is 54.6 Å². The van der Waals surface area contributed by atoms with Gasteiger partial charge >= 0.3 is 0 Å². The topological polar surface area (TPSA) is 54.9 Å². The molecule has 0 saturated carbocycles. The van der Waals surface area contributed by atoms with Crippen molar-refractivity contribution in [2.75, 3.05) is 5.32 Å². The van der Waals surface area contributed by atoms with Gasteiger partial charge in [0.25, 0.3) is 0 Å². The molecule has 0 aliphatic rings. The summed E-state index contributed by atoms with van der Waals surface area (Å²) in [6, 6.07) is 11.0. The van der Waals surface area contributed by atoms with E-state index in [9.17, 15) is 4.79 Å². The normalized spacial score (nSPS) is 9.75. The van der Waals surface area contributed by atoms with E-state index in [-0.39, 0.29) is 12.3 Å². The molecular weight excluding hydrogens is 202 g/mol. The summed E-state index contributed by atoms with van der Waals surface area (Å²) in [4.78, 5) is 19.6. The molecule has 1 heterocycles. The number of nitrogens with zero attached hydrogens (tertiary/aromatic N) is 2. The van der Waals surface area contributed by atoms with Crippen LogP contribution in [-0.4, -0.2) is 15.9 Å². The number of benzene rings is 1. The fraction of sp³-hybridized carbons (Fsp3) is 0.0833. The van der Waals surface area contributed by atoms with Crippen molar-refractivity contribution < 1.29 is 4.79 Å². The number of nitrogens with one attached hydrogen (secondary N) is 1. The number of rotatable bonds is 3. The van der Waals surface area contributed by atoms with Crippen molar-refractivity contribution >= 4 is 11.6 Å². The molecule has 0 saturated heterocycles. The molecular formula is C12H11N3O. The van der Waals surface area contributed by atoms with Crippen molar-refractivity contribution in [3.8, 4) is 0 Å². The van der Waals surface area contributed by atoms with E-state index in [1.165, 1.54) is 0 Å². The van der Waals surface area contributed by atoms with Crippen LogP contribution in [-0.2, 0) is 11.2 Å². The molecule has 0 aliphatic heterocycles. The van der Waals surface area contributed by atoms with Gasteiger partial charge in [0, 0.05) is 18.1 Å². The first-order chi connectivity index (χ1) is 7.84. The molecule has 1 N–H and O–H groups in total. The van der Waals surface area contributed by atoms with Crippen LogP contribution in [0.25, 0.3) is 0 Å². The van der Waals surface area contributed by atoms with Crippen molar-refractivity contribution in [3.63, 3.8) is 0 Å². The lowest BCUT2D eigenvalue weighted by Crippen LogP contribution is -2.15. The number of carbonyl (C=O) groups excluding carboxylic acids is 1. The molecule has 4 heteroatoms. The third-order valence-corrected chi connectivity index (χ3v) is 2.00. The van der Waals surface area contributed by atoms with Crippen LogP contribution in [0.2, 0.25) is 0 Å². The van der Waals surface area contributed by atoms with Gasteiger partial charge in [-0.25, -0.2) is 9.97 Å². The van der Waals surface area contributed by atoms with Crippen molar-refractivity contribution in [1.29, 1.82) is 0 Å². The number of hydrogen-bond acceptors (Lipinski definition) is 3. The van der Waals surface area contributed by atoms with Crippen molar-refractivity contribution in [2.45, 2.75) is 6.42 Å². The Hall–Kier alpha value is -2.23. The molecule has 0 atom stereocenters. The van der Waals surface area contributed by atoms with Crippen molar-refractivity contribution in [2.24, 2.45) is 0 Å². The SMILES string of the molecule is O=C(Cc1ncccn1)Nc1ccccc1. The second-order valence-electron chi connectivity index (χ2n) is 3.26. The summed E-state index contributed by atoms with van der Waals surface area (Å²) in [6.45, 7) is 0. The van der Waals surface area contributed by atoms with Crippen LogP contribution in [0.5, 0.6) is 0 Å². The van der Waals surface area contributed by atoms with Crippen LogP contribution < -0.4 is 5.32 Å². The molecule has 0 bridgehead atoms. The molecule has 80 valence electrons. The number of amides is 1. The number of hydrogen-bond donors (Lipinski definition) is 1. The molecule has 0 fully saturated rings. The van der Waals surface area contributed by atoms with Crippen molar-refractivity contribution in [1.82, 2.24) is 9.97 Å². The van der Waals surface area contributed by atoms with Gasteiger partial charge in [-0.2, -0.15) is 0 Å². The van der Waals surface area contributed by atoms with Crippen LogP contribution in [0.4, 0.5) is 5.69 Å². The first kappa shape index (κ1) is 10.3. The number of aromatic nitrogens is 2. The minimum Gasteiger partial charge on any atom is -0.326 e. The second-order valence-corrected chi connectivity index (χ2v) is 3.26. The number of para-hydroxylation sites is 1. The molecule has 0 aliphatic carbocycles. The van der Waals surface area contributed by atoms with E-state index >= 15 is 0 Å². The lowest BCUT2D eigenvalue weighted by molar-refractivity contribution is -0.115. The summed E-state index contributed by atoms with van der Waals surface area (Å²) in [5, 5.41) is 2.77. The molecule has 4 nitrogen and oxygen atoms in total. The Bertz CT molecular complexity index is 413. The summed E-state index contributed by atoms with van der Waals surface area (Å²) in [6.07, 6.45) is 3.44. The van der Waals surface area contributed by atoms with E-state index in [0.717, 1.165) is 5.69 Å². The predicted molar refractivity (Wildman–Crippen MR) is 60.8 cm³/mol. The van der Waals surface area contributed by atoms with Gasteiger partial charge in [-0.05, 0) is 18.2 Å². The molecule has 2 rings (SSSR count). The highest BCUT2D eigenvalue weighted by molar-refractivity contribution is 5.91. The standard InChI is InChI=1S/C12H11N3O/c16-12(9-11-13-7-4-8-14-11)15-10-5-2-1-3-6-10/h1-8H,9H2,(H,15,16). The Morgan fingerprint density at radius 1 is 1.06 bits per heavy atom. The minimum absolute atomic E-state index is 0.114. The Kier molecular flexibility index (Phi) is 3.23. The van der Waals surface area contributed by atoms with Gasteiger partial charge < -0.3 is 5.32 Å². The molecule has 16 heavy (non-hydrogen) atoms. The van der Waals surface area contributed by atoms with Gasteiger partial charge in [-0.1, -0.05) is 18.2 Å². The van der Waals surface area contributed by atoms with Crippen LogP contribution in [0.3, 0.4) is 0 Å². The second kappa shape index (κ2) is 5.02. The Morgan fingerprint density at radius 2 is 1.75 bits per heavy atom. The fourth-order valence-corrected chi connectivity index (χ4v) is 1.29. The summed E-state index contributed by atoms with van der Waals surface area (Å²) in [5.41, 5.74) is 0.781. The third-order valence-electron chi connectivity index (χ3n) is 2.00. The number of anilines is 1. The Labute approximate surface area is 93.4 Å². The zero-order valence-electron chi connectivity index (χ0n) is 8.63. The van der Waals surface area contributed by atoms with Gasteiger partial charge in [0.2, 0.25) is 5.91 Å². The fourth-order valence-electron chi connectivity index (χ4n) is 1.29. The molecule has 2 aromatic rings. The predicted octanol–water partition coefficient (Wildman–Crippen LogP) is 1.66. The van der Waals surface area contributed by atoms with Gasteiger partial charge in [-0.3, -0.25) is 4.79 Å². The van der Waals surface area contributed by atoms with Crippen LogP contribution >= 0.6 is 0 Å². The lowest BCUT2D eigenvalue weighted by Gasteiger charge is -2.03. The molecule has 1 aromatic heterocycles. The zero-order chi connectivity index (χ0) is 11.2. The first-order valence-electron chi connectivity index (χ1n) is 4.95. The zero-order valence-corrected chi connectivity index (χ0v) is 8.63. The van der Waals surface area contributed by atoms with E-state index in [4.69, 9.17) is 0 Å². The van der Waals surface area contributed by atoms with Gasteiger partial charge in [0.15, 0.2) is 0 Å². The van der Waals surface area contributed by atoms with E-state index in [1.807, 2.05) is 30.3 Å². The van der Waals surface area contributed by atoms with Gasteiger partial charge in [-0.15, -0.1) is 0 Å². The minimum atomic E-state index is -0.114. The highest BCUT2D eigenvalue weighted by Gasteiger charge is 2.04. The Balaban J connectivity index is 1.95. The maximum Gasteiger partial charge on any atom is 0.232 e. The van der Waals surface area contributed by atoms with Gasteiger partial charge in [0.05, 0.1) is 6.42 Å². The highest BCUT2D eigenvalue weighted by Crippen LogP contribution is 2.05.